The lowest BCUT2D eigenvalue weighted by atomic mass is 9.63. The van der Waals surface area contributed by atoms with Crippen LogP contribution in [0, 0.1) is 29.5 Å². The van der Waals surface area contributed by atoms with E-state index in [1.165, 1.54) is 62.5 Å². The van der Waals surface area contributed by atoms with E-state index in [4.69, 9.17) is 0 Å². The Labute approximate surface area is 159 Å². The lowest BCUT2D eigenvalue weighted by Gasteiger charge is -2.42. The summed E-state index contributed by atoms with van der Waals surface area (Å²) in [5, 5.41) is 0. The summed E-state index contributed by atoms with van der Waals surface area (Å²) in [6.45, 7) is 4.39. The van der Waals surface area contributed by atoms with Crippen molar-refractivity contribution in [1.82, 2.24) is 0 Å². The molecule has 5 atom stereocenters. The van der Waals surface area contributed by atoms with Crippen molar-refractivity contribution in [3.8, 4) is 0 Å². The van der Waals surface area contributed by atoms with Crippen LogP contribution in [0.15, 0.2) is 24.3 Å². The predicted molar refractivity (Wildman–Crippen MR) is 108 cm³/mol. The number of aryl methyl sites for hydroxylation is 1. The molecule has 2 fully saturated rings. The van der Waals surface area contributed by atoms with Gasteiger partial charge in [0.2, 0.25) is 0 Å². The Balaban J connectivity index is 1.47. The van der Waals surface area contributed by atoms with Crippen molar-refractivity contribution in [2.24, 2.45) is 23.7 Å². The minimum absolute atomic E-state index is 0.0922. The number of hydrogen-bond acceptors (Lipinski definition) is 0. The van der Waals surface area contributed by atoms with Gasteiger partial charge in [-0.2, -0.15) is 0 Å². The van der Waals surface area contributed by atoms with E-state index in [-0.39, 0.29) is 5.82 Å². The average Bonchev–Trinajstić information content (AvgIpc) is 2.67. The van der Waals surface area contributed by atoms with Gasteiger partial charge in [0.05, 0.1) is 0 Å². The molecule has 26 heavy (non-hydrogen) atoms. The molecular weight excluding hydrogens is 319 g/mol. The molecule has 2 saturated carbocycles. The maximum absolute atomic E-state index is 14.9. The fraction of sp³-hybridized carbons (Fsp3) is 0.680. The molecule has 0 spiro atoms. The van der Waals surface area contributed by atoms with Gasteiger partial charge in [0.25, 0.3) is 0 Å². The third kappa shape index (κ3) is 3.64. The number of halogens is 1. The summed E-state index contributed by atoms with van der Waals surface area (Å²) >= 11 is 0. The summed E-state index contributed by atoms with van der Waals surface area (Å²) in [5.41, 5.74) is 3.67. The summed E-state index contributed by atoms with van der Waals surface area (Å²) in [6, 6.07) is 4.30. The van der Waals surface area contributed by atoms with Crippen molar-refractivity contribution in [3.63, 3.8) is 0 Å². The van der Waals surface area contributed by atoms with Gasteiger partial charge >= 0.3 is 0 Å². The molecule has 0 nitrogen and oxygen atoms in total. The maximum atomic E-state index is 14.9. The molecule has 142 valence electrons. The zero-order chi connectivity index (χ0) is 18.1. The van der Waals surface area contributed by atoms with E-state index in [0.717, 1.165) is 36.2 Å². The van der Waals surface area contributed by atoms with Gasteiger partial charge in [-0.25, -0.2) is 4.39 Å². The topological polar surface area (TPSA) is 0 Å². The average molecular weight is 355 g/mol. The van der Waals surface area contributed by atoms with E-state index < -0.39 is 0 Å². The Morgan fingerprint density at radius 2 is 1.85 bits per heavy atom. The van der Waals surface area contributed by atoms with Crippen LogP contribution in [0.4, 0.5) is 4.39 Å². The summed E-state index contributed by atoms with van der Waals surface area (Å²) < 4.78 is 14.9. The first kappa shape index (κ1) is 18.3. The highest BCUT2D eigenvalue weighted by Crippen LogP contribution is 2.48. The normalized spacial score (nSPS) is 34.5. The minimum Gasteiger partial charge on any atom is -0.207 e. The second-order valence-electron chi connectivity index (χ2n) is 9.29. The summed E-state index contributed by atoms with van der Waals surface area (Å²) in [6.07, 6.45) is 17.1. The van der Waals surface area contributed by atoms with Crippen molar-refractivity contribution in [2.75, 3.05) is 0 Å². The molecule has 0 aromatic heterocycles. The molecule has 5 unspecified atom stereocenters. The van der Waals surface area contributed by atoms with Gasteiger partial charge in [-0.1, -0.05) is 31.6 Å². The zero-order valence-corrected chi connectivity index (χ0v) is 16.6. The predicted octanol–water partition coefficient (Wildman–Crippen LogP) is 7.22. The van der Waals surface area contributed by atoms with E-state index in [0.29, 0.717) is 11.8 Å². The lowest BCUT2D eigenvalue weighted by Crippen LogP contribution is -2.30. The summed E-state index contributed by atoms with van der Waals surface area (Å²) in [4.78, 5) is 0. The number of benzene rings is 1. The van der Waals surface area contributed by atoms with E-state index >= 15 is 0 Å². The maximum Gasteiger partial charge on any atom is 0.126 e. The smallest absolute Gasteiger partial charge is 0.126 e. The second-order valence-corrected chi connectivity index (χ2v) is 9.29. The molecule has 0 bridgehead atoms. The van der Waals surface area contributed by atoms with Crippen LogP contribution in [0.3, 0.4) is 0 Å². The molecule has 0 saturated heterocycles. The first-order valence-corrected chi connectivity index (χ1v) is 11.1. The third-order valence-corrected chi connectivity index (χ3v) is 7.79. The van der Waals surface area contributed by atoms with Crippen LogP contribution in [0.1, 0.15) is 87.8 Å². The largest absolute Gasteiger partial charge is 0.207 e. The highest BCUT2D eigenvalue weighted by molar-refractivity contribution is 5.37. The molecule has 0 amide bonds. The minimum atomic E-state index is 0.0922. The molecule has 0 heterocycles. The Morgan fingerprint density at radius 3 is 2.65 bits per heavy atom. The molecule has 1 aromatic rings. The lowest BCUT2D eigenvalue weighted by molar-refractivity contribution is 0.133. The quantitative estimate of drug-likeness (QED) is 0.503. The first-order valence-electron chi connectivity index (χ1n) is 11.1. The summed E-state index contributed by atoms with van der Waals surface area (Å²) in [7, 11) is 0. The Morgan fingerprint density at radius 1 is 1.04 bits per heavy atom. The molecule has 0 N–H and O–H groups in total. The van der Waals surface area contributed by atoms with Gasteiger partial charge in [0.15, 0.2) is 0 Å². The molecule has 0 radical (unpaired) electrons. The van der Waals surface area contributed by atoms with Crippen molar-refractivity contribution in [3.05, 3.63) is 46.8 Å². The van der Waals surface area contributed by atoms with Gasteiger partial charge in [-0.05, 0) is 117 Å². The highest BCUT2D eigenvalue weighted by Gasteiger charge is 2.35. The molecule has 1 aromatic carbocycles. The van der Waals surface area contributed by atoms with Crippen LogP contribution in [-0.2, 0) is 12.8 Å². The molecule has 0 aliphatic heterocycles. The summed E-state index contributed by atoms with van der Waals surface area (Å²) in [5.74, 6) is 3.97. The van der Waals surface area contributed by atoms with Gasteiger partial charge in [0.1, 0.15) is 5.82 Å². The standard InChI is InChI=1S/C25H35F/c1-3-5-18-7-8-20-14-21(11-10-19(20)12-18)23-15-22-9-6-17(4-2)13-24(22)25(26)16-23/h3,5,15-21H,4,6-14H2,1-2H3/b5-3+. The Kier molecular flexibility index (Phi) is 5.53. The Hall–Kier alpha value is -1.11. The number of hydrogen-bond donors (Lipinski definition) is 0. The molecular formula is C25H35F. The number of allylic oxidation sites excluding steroid dienone is 2. The van der Waals surface area contributed by atoms with Gasteiger partial charge in [-0.3, -0.25) is 0 Å². The van der Waals surface area contributed by atoms with E-state index in [2.05, 4.69) is 32.1 Å². The van der Waals surface area contributed by atoms with Crippen LogP contribution in [0.5, 0.6) is 0 Å². The van der Waals surface area contributed by atoms with E-state index in [1.807, 2.05) is 6.07 Å². The third-order valence-electron chi connectivity index (χ3n) is 7.79. The van der Waals surface area contributed by atoms with Crippen LogP contribution >= 0.6 is 0 Å². The number of fused-ring (bicyclic) bond motifs is 2. The van der Waals surface area contributed by atoms with Crippen molar-refractivity contribution >= 4 is 0 Å². The highest BCUT2D eigenvalue weighted by atomic mass is 19.1. The fourth-order valence-electron chi connectivity index (χ4n) is 6.18. The van der Waals surface area contributed by atoms with Crippen LogP contribution < -0.4 is 0 Å². The van der Waals surface area contributed by atoms with Crippen LogP contribution in [0.2, 0.25) is 0 Å². The van der Waals surface area contributed by atoms with E-state index in [9.17, 15) is 4.39 Å². The van der Waals surface area contributed by atoms with Crippen molar-refractivity contribution in [2.45, 2.75) is 84.0 Å². The van der Waals surface area contributed by atoms with Crippen molar-refractivity contribution in [1.29, 1.82) is 0 Å². The van der Waals surface area contributed by atoms with Gasteiger partial charge in [-0.15, -0.1) is 0 Å². The molecule has 3 aliphatic carbocycles. The second kappa shape index (κ2) is 7.87. The van der Waals surface area contributed by atoms with Crippen molar-refractivity contribution < 1.29 is 4.39 Å². The SMILES string of the molecule is C/C=C/C1CCC2CC(c3cc(F)c4c(c3)CCC(CC)C4)CCC2C1. The molecule has 3 aliphatic rings. The fourth-order valence-corrected chi connectivity index (χ4v) is 6.18. The molecule has 1 heteroatoms. The molecule has 4 rings (SSSR count). The van der Waals surface area contributed by atoms with Gasteiger partial charge < -0.3 is 0 Å². The van der Waals surface area contributed by atoms with Crippen LogP contribution in [0.25, 0.3) is 0 Å². The zero-order valence-electron chi connectivity index (χ0n) is 16.6. The van der Waals surface area contributed by atoms with Crippen LogP contribution in [-0.4, -0.2) is 0 Å². The van der Waals surface area contributed by atoms with Gasteiger partial charge in [0, 0.05) is 0 Å². The monoisotopic (exact) mass is 354 g/mol. The van der Waals surface area contributed by atoms with E-state index in [1.54, 1.807) is 0 Å². The first-order chi connectivity index (χ1) is 12.7. The number of rotatable bonds is 3. The Bertz CT molecular complexity index is 658.